The molecule has 2 aliphatic heterocycles. The van der Waals surface area contributed by atoms with Gasteiger partial charge in [0.25, 0.3) is 0 Å². The first kappa shape index (κ1) is 17.9. The number of carbonyl (C=O) groups is 2. The number of aryl methyl sites for hydroxylation is 1. The summed E-state index contributed by atoms with van der Waals surface area (Å²) in [6.07, 6.45) is -0.0833. The van der Waals surface area contributed by atoms with Crippen molar-refractivity contribution in [3.8, 4) is 0 Å². The smallest absolute Gasteiger partial charge is 0.360 e. The fraction of sp³-hybridized carbons (Fsp3) is 0.304. The molecule has 5 rings (SSSR count). The molecule has 1 spiro atoms. The van der Waals surface area contributed by atoms with E-state index in [0.717, 1.165) is 22.2 Å². The SMILES string of the molecule is CCOC(=O)[C@]1(O)CC2(C(=O)N(C)c3ccccc32)c2c(C)c3ccccc3n21. The van der Waals surface area contributed by atoms with Crippen LogP contribution >= 0.6 is 0 Å². The number of nitrogens with zero attached hydrogens (tertiary/aromatic N) is 2. The third-order valence-electron chi connectivity index (χ3n) is 6.41. The average molecular weight is 390 g/mol. The lowest BCUT2D eigenvalue weighted by Gasteiger charge is -2.26. The predicted octanol–water partition coefficient (Wildman–Crippen LogP) is 2.82. The predicted molar refractivity (Wildman–Crippen MR) is 109 cm³/mol. The maximum atomic E-state index is 13.7. The first-order valence-electron chi connectivity index (χ1n) is 9.76. The third-order valence-corrected chi connectivity index (χ3v) is 6.41. The lowest BCUT2D eigenvalue weighted by molar-refractivity contribution is -0.176. The van der Waals surface area contributed by atoms with Crippen molar-refractivity contribution in [1.82, 2.24) is 4.57 Å². The van der Waals surface area contributed by atoms with Gasteiger partial charge in [-0.15, -0.1) is 0 Å². The van der Waals surface area contributed by atoms with E-state index < -0.39 is 17.1 Å². The zero-order chi connectivity index (χ0) is 20.6. The molecule has 0 saturated carbocycles. The second-order valence-corrected chi connectivity index (χ2v) is 7.83. The van der Waals surface area contributed by atoms with Gasteiger partial charge in [-0.2, -0.15) is 0 Å². The molecule has 2 atom stereocenters. The van der Waals surface area contributed by atoms with Crippen LogP contribution < -0.4 is 4.90 Å². The molecule has 1 N–H and O–H groups in total. The zero-order valence-corrected chi connectivity index (χ0v) is 16.6. The van der Waals surface area contributed by atoms with E-state index in [9.17, 15) is 14.7 Å². The lowest BCUT2D eigenvalue weighted by Crippen LogP contribution is -2.44. The van der Waals surface area contributed by atoms with Crippen molar-refractivity contribution >= 4 is 28.5 Å². The van der Waals surface area contributed by atoms with Crippen LogP contribution in [0.25, 0.3) is 10.9 Å². The van der Waals surface area contributed by atoms with E-state index in [1.165, 1.54) is 0 Å². The van der Waals surface area contributed by atoms with Crippen LogP contribution in [0.3, 0.4) is 0 Å². The number of esters is 1. The molecule has 1 amide bonds. The van der Waals surface area contributed by atoms with Crippen molar-refractivity contribution in [3.05, 3.63) is 65.4 Å². The number of ether oxygens (including phenoxy) is 1. The molecule has 2 aromatic carbocycles. The number of para-hydroxylation sites is 2. The Kier molecular flexibility index (Phi) is 3.53. The molecule has 0 saturated heterocycles. The van der Waals surface area contributed by atoms with Crippen molar-refractivity contribution in [3.63, 3.8) is 0 Å². The fourth-order valence-corrected chi connectivity index (χ4v) is 5.28. The molecule has 0 aliphatic carbocycles. The number of aromatic nitrogens is 1. The average Bonchev–Trinajstić information content (AvgIpc) is 3.27. The number of rotatable bonds is 2. The highest BCUT2D eigenvalue weighted by atomic mass is 16.6. The Labute approximate surface area is 168 Å². The Morgan fingerprint density at radius 2 is 1.86 bits per heavy atom. The largest absolute Gasteiger partial charge is 0.462 e. The number of hydrogen-bond donors (Lipinski definition) is 1. The van der Waals surface area contributed by atoms with E-state index in [0.29, 0.717) is 11.2 Å². The highest BCUT2D eigenvalue weighted by molar-refractivity contribution is 6.12. The van der Waals surface area contributed by atoms with Crippen LogP contribution in [-0.2, 0) is 25.5 Å². The van der Waals surface area contributed by atoms with E-state index >= 15 is 0 Å². The monoisotopic (exact) mass is 390 g/mol. The minimum atomic E-state index is -1.97. The van der Waals surface area contributed by atoms with Gasteiger partial charge in [0.1, 0.15) is 5.41 Å². The van der Waals surface area contributed by atoms with Gasteiger partial charge >= 0.3 is 5.97 Å². The summed E-state index contributed by atoms with van der Waals surface area (Å²) >= 11 is 0. The molecule has 29 heavy (non-hydrogen) atoms. The van der Waals surface area contributed by atoms with Gasteiger partial charge in [0.15, 0.2) is 0 Å². The van der Waals surface area contributed by atoms with Gasteiger partial charge in [-0.3, -0.25) is 4.79 Å². The first-order chi connectivity index (χ1) is 13.9. The molecule has 6 nitrogen and oxygen atoms in total. The molecule has 6 heteroatoms. The Morgan fingerprint density at radius 1 is 1.17 bits per heavy atom. The van der Waals surface area contributed by atoms with Crippen molar-refractivity contribution < 1.29 is 19.4 Å². The van der Waals surface area contributed by atoms with E-state index in [2.05, 4.69) is 0 Å². The second kappa shape index (κ2) is 5.70. The highest BCUT2D eigenvalue weighted by Crippen LogP contribution is 2.58. The van der Waals surface area contributed by atoms with Crippen LogP contribution in [0.2, 0.25) is 0 Å². The minimum absolute atomic E-state index is 0.0833. The summed E-state index contributed by atoms with van der Waals surface area (Å²) in [6, 6.07) is 15.2. The molecule has 1 aromatic heterocycles. The summed E-state index contributed by atoms with van der Waals surface area (Å²) < 4.78 is 6.89. The molecule has 2 aliphatic rings. The molecule has 0 bridgehead atoms. The second-order valence-electron chi connectivity index (χ2n) is 7.83. The number of amides is 1. The molecule has 0 fully saturated rings. The standard InChI is InChI=1S/C23H22N2O4/c1-4-29-21(27)23(28)13-22(16-10-6-8-12-18(16)24(3)20(22)26)19-14(2)15-9-5-7-11-17(15)25(19)23/h5-12,28H,4,13H2,1-3H3/t22?,23-/m1/s1. The molecular formula is C23H22N2O4. The summed E-state index contributed by atoms with van der Waals surface area (Å²) in [6.45, 7) is 3.79. The highest BCUT2D eigenvalue weighted by Gasteiger charge is 2.65. The van der Waals surface area contributed by atoms with Gasteiger partial charge in [0.2, 0.25) is 11.6 Å². The Hall–Kier alpha value is -3.12. The number of carbonyl (C=O) groups excluding carboxylic acids is 2. The fourth-order valence-electron chi connectivity index (χ4n) is 5.28. The number of anilines is 1. The lowest BCUT2D eigenvalue weighted by atomic mass is 9.74. The maximum absolute atomic E-state index is 13.7. The van der Waals surface area contributed by atoms with Crippen molar-refractivity contribution in [2.24, 2.45) is 0 Å². The summed E-state index contributed by atoms with van der Waals surface area (Å²) in [4.78, 5) is 28.3. The molecule has 148 valence electrons. The normalized spacial score (nSPS) is 25.0. The maximum Gasteiger partial charge on any atom is 0.360 e. The third kappa shape index (κ3) is 1.94. The van der Waals surface area contributed by atoms with Gasteiger partial charge in [-0.05, 0) is 37.1 Å². The van der Waals surface area contributed by atoms with Crippen LogP contribution in [0.4, 0.5) is 5.69 Å². The van der Waals surface area contributed by atoms with E-state index in [4.69, 9.17) is 4.74 Å². The summed E-state index contributed by atoms with van der Waals surface area (Å²) in [5.41, 5.74) is 0.757. The number of aliphatic hydroxyl groups is 1. The molecule has 1 unspecified atom stereocenters. The Morgan fingerprint density at radius 3 is 2.62 bits per heavy atom. The van der Waals surface area contributed by atoms with Gasteiger partial charge in [0, 0.05) is 30.2 Å². The molecule has 3 heterocycles. The van der Waals surface area contributed by atoms with Crippen LogP contribution in [0.15, 0.2) is 48.5 Å². The Balaban J connectivity index is 1.92. The summed E-state index contributed by atoms with van der Waals surface area (Å²) in [5.74, 6) is -0.884. The minimum Gasteiger partial charge on any atom is -0.462 e. The van der Waals surface area contributed by atoms with Gasteiger partial charge in [-0.25, -0.2) is 4.79 Å². The molecule has 3 aromatic rings. The topological polar surface area (TPSA) is 71.8 Å². The van der Waals surface area contributed by atoms with Gasteiger partial charge < -0.3 is 19.3 Å². The number of benzene rings is 2. The van der Waals surface area contributed by atoms with E-state index in [-0.39, 0.29) is 18.9 Å². The van der Waals surface area contributed by atoms with Crippen LogP contribution in [0, 0.1) is 6.92 Å². The summed E-state index contributed by atoms with van der Waals surface area (Å²) in [5, 5.41) is 12.6. The first-order valence-corrected chi connectivity index (χ1v) is 9.76. The Bertz CT molecular complexity index is 1200. The van der Waals surface area contributed by atoms with Crippen LogP contribution in [-0.4, -0.2) is 35.2 Å². The number of likely N-dealkylation sites (N-methyl/N-ethyl adjacent to an activating group) is 1. The van der Waals surface area contributed by atoms with Crippen molar-refractivity contribution in [2.45, 2.75) is 31.4 Å². The van der Waals surface area contributed by atoms with Gasteiger partial charge in [-0.1, -0.05) is 36.4 Å². The zero-order valence-electron chi connectivity index (χ0n) is 16.6. The number of fused-ring (bicyclic) bond motifs is 6. The molecule has 0 radical (unpaired) electrons. The molecular weight excluding hydrogens is 368 g/mol. The van der Waals surface area contributed by atoms with Crippen LogP contribution in [0.1, 0.15) is 30.2 Å². The van der Waals surface area contributed by atoms with E-state index in [1.54, 1.807) is 23.4 Å². The van der Waals surface area contributed by atoms with Crippen LogP contribution in [0.5, 0.6) is 0 Å². The van der Waals surface area contributed by atoms with E-state index in [1.807, 2.05) is 55.5 Å². The van der Waals surface area contributed by atoms with Crippen molar-refractivity contribution in [1.29, 1.82) is 0 Å². The quantitative estimate of drug-likeness (QED) is 0.683. The van der Waals surface area contributed by atoms with Crippen molar-refractivity contribution in [2.75, 3.05) is 18.6 Å². The van der Waals surface area contributed by atoms with Gasteiger partial charge in [0.05, 0.1) is 12.1 Å². The summed E-state index contributed by atoms with van der Waals surface area (Å²) in [7, 11) is 1.74. The number of hydrogen-bond acceptors (Lipinski definition) is 4.